The Balaban J connectivity index is 2.42. The van der Waals surface area contributed by atoms with Crippen molar-refractivity contribution in [3.8, 4) is 0 Å². The molecule has 1 amide bonds. The minimum atomic E-state index is -3.64. The summed E-state index contributed by atoms with van der Waals surface area (Å²) in [6.07, 6.45) is 0. The first-order valence-corrected chi connectivity index (χ1v) is 9.69. The van der Waals surface area contributed by atoms with Crippen LogP contribution < -0.4 is 16.3 Å². The van der Waals surface area contributed by atoms with Crippen molar-refractivity contribution < 1.29 is 13.9 Å². The van der Waals surface area contributed by atoms with Gasteiger partial charge < -0.3 is 15.2 Å². The fraction of sp³-hybridized carbons (Fsp3) is 0.118. The second-order valence-electron chi connectivity index (χ2n) is 5.62. The Bertz CT molecular complexity index is 1030. The normalized spacial score (nSPS) is 13.8. The minimum Gasteiger partial charge on any atom is -0.364 e. The summed E-state index contributed by atoms with van der Waals surface area (Å²) in [5.74, 6) is -0.738. The Morgan fingerprint density at radius 2 is 1.88 bits per heavy atom. The first kappa shape index (κ1) is 18.0. The predicted molar refractivity (Wildman–Crippen MR) is 102 cm³/mol. The molecule has 0 saturated carbocycles. The van der Waals surface area contributed by atoms with Crippen LogP contribution in [0.15, 0.2) is 36.4 Å². The summed E-state index contributed by atoms with van der Waals surface area (Å²) in [4.78, 5) is 14.9. The maximum Gasteiger partial charge on any atom is 0.266 e. The zero-order valence-electron chi connectivity index (χ0n) is 13.5. The molecule has 0 aliphatic heterocycles. The van der Waals surface area contributed by atoms with Crippen LogP contribution in [0.25, 0.3) is 10.9 Å². The molecule has 0 aliphatic rings. The molecule has 25 heavy (non-hydrogen) atoms. The first-order valence-electron chi connectivity index (χ1n) is 7.31. The molecular weight excluding hydrogens is 382 g/mol. The van der Waals surface area contributed by atoms with Gasteiger partial charge in [0.2, 0.25) is 0 Å². The van der Waals surface area contributed by atoms with Crippen molar-refractivity contribution in [2.45, 2.75) is 6.92 Å². The van der Waals surface area contributed by atoms with Gasteiger partial charge in [-0.1, -0.05) is 23.2 Å². The highest BCUT2D eigenvalue weighted by Gasteiger charge is 2.35. The molecule has 0 spiro atoms. The molecule has 0 bridgehead atoms. The highest BCUT2D eigenvalue weighted by Crippen LogP contribution is 2.47. The average molecular weight is 397 g/mol. The van der Waals surface area contributed by atoms with Gasteiger partial charge in [0.05, 0.1) is 5.30 Å². The third-order valence-corrected chi connectivity index (χ3v) is 6.86. The third-order valence-electron chi connectivity index (χ3n) is 3.90. The van der Waals surface area contributed by atoms with Crippen LogP contribution in [0.3, 0.4) is 0 Å². The maximum atomic E-state index is 13.8. The second-order valence-corrected chi connectivity index (χ2v) is 8.93. The minimum absolute atomic E-state index is 0.0279. The van der Waals surface area contributed by atoms with Crippen molar-refractivity contribution in [2.24, 2.45) is 5.73 Å². The van der Waals surface area contributed by atoms with Crippen molar-refractivity contribution in [2.75, 3.05) is 7.11 Å². The second kappa shape index (κ2) is 6.50. The number of rotatable bonds is 4. The summed E-state index contributed by atoms with van der Waals surface area (Å²) in [7, 11) is -2.32. The van der Waals surface area contributed by atoms with Gasteiger partial charge in [0.15, 0.2) is 0 Å². The van der Waals surface area contributed by atoms with Crippen LogP contribution >= 0.6 is 30.6 Å². The maximum absolute atomic E-state index is 13.8. The molecule has 3 aromatic rings. The summed E-state index contributed by atoms with van der Waals surface area (Å²) < 4.78 is 19.3. The van der Waals surface area contributed by atoms with E-state index in [-0.39, 0.29) is 11.0 Å². The number of fused-ring (bicyclic) bond motifs is 1. The van der Waals surface area contributed by atoms with Crippen LogP contribution in [0, 0.1) is 6.92 Å². The summed E-state index contributed by atoms with van der Waals surface area (Å²) >= 11 is 12.2. The molecule has 8 heteroatoms. The molecule has 3 rings (SSSR count). The van der Waals surface area contributed by atoms with Crippen molar-refractivity contribution in [1.82, 2.24) is 4.98 Å². The van der Waals surface area contributed by atoms with E-state index < -0.39 is 13.3 Å². The van der Waals surface area contributed by atoms with Gasteiger partial charge in [-0.25, -0.2) is 0 Å². The molecule has 2 aromatic carbocycles. The van der Waals surface area contributed by atoms with Crippen LogP contribution in [0.4, 0.5) is 0 Å². The number of benzene rings is 2. The zero-order valence-corrected chi connectivity index (χ0v) is 15.9. The molecule has 1 heterocycles. The molecule has 1 atom stereocenters. The van der Waals surface area contributed by atoms with Crippen LogP contribution in [0.5, 0.6) is 0 Å². The van der Waals surface area contributed by atoms with Crippen molar-refractivity contribution >= 4 is 58.0 Å². The molecule has 0 aliphatic carbocycles. The van der Waals surface area contributed by atoms with Crippen LogP contribution in [0.2, 0.25) is 10.0 Å². The van der Waals surface area contributed by atoms with Gasteiger partial charge in [0.1, 0.15) is 5.69 Å². The number of aromatic nitrogens is 1. The number of nitrogens with two attached hydrogens (primary N) is 1. The molecule has 1 aromatic heterocycles. The number of carbonyl (C=O) groups excluding carboxylic acids is 1. The largest absolute Gasteiger partial charge is 0.364 e. The van der Waals surface area contributed by atoms with Crippen molar-refractivity contribution in [3.05, 3.63) is 57.7 Å². The van der Waals surface area contributed by atoms with Crippen molar-refractivity contribution in [1.29, 1.82) is 0 Å². The SMILES string of the molecule is COP(=O)(c1cc(C)cc(Cl)c1)c1c(C(N)=O)[nH]c2ccc(Cl)cc12. The van der Waals surface area contributed by atoms with Gasteiger partial charge in [0.25, 0.3) is 13.3 Å². The number of nitrogens with one attached hydrogen (secondary N) is 1. The van der Waals surface area contributed by atoms with Crippen LogP contribution in [0.1, 0.15) is 16.1 Å². The summed E-state index contributed by atoms with van der Waals surface area (Å²) in [5, 5.41) is 1.95. The number of aryl methyl sites for hydroxylation is 1. The number of halogens is 2. The van der Waals surface area contributed by atoms with E-state index in [4.69, 9.17) is 33.5 Å². The number of aromatic amines is 1. The lowest BCUT2D eigenvalue weighted by Crippen LogP contribution is -2.26. The number of amides is 1. The molecular formula is C17H15Cl2N2O3P. The van der Waals surface area contributed by atoms with E-state index in [0.29, 0.717) is 26.3 Å². The van der Waals surface area contributed by atoms with Crippen LogP contribution in [-0.4, -0.2) is 18.0 Å². The van der Waals surface area contributed by atoms with E-state index in [1.165, 1.54) is 7.11 Å². The van der Waals surface area contributed by atoms with E-state index in [1.807, 2.05) is 6.92 Å². The Hall–Kier alpha value is -1.78. The standard InChI is InChI=1S/C17H15Cl2N2O3P/c1-9-5-11(19)7-12(6-9)25(23,24-2)16-13-8-10(18)3-4-14(13)21-15(16)17(20)22/h3-8,21H,1-2H3,(H2,20,22). The summed E-state index contributed by atoms with van der Waals surface area (Å²) in [6.45, 7) is 1.83. The molecule has 0 fully saturated rings. The fourth-order valence-electron chi connectivity index (χ4n) is 2.85. The Morgan fingerprint density at radius 3 is 2.48 bits per heavy atom. The van der Waals surface area contributed by atoms with E-state index in [0.717, 1.165) is 5.56 Å². The molecule has 0 saturated heterocycles. The molecule has 130 valence electrons. The predicted octanol–water partition coefficient (Wildman–Crippen LogP) is 3.76. The quantitative estimate of drug-likeness (QED) is 0.658. The average Bonchev–Trinajstić information content (AvgIpc) is 2.92. The van der Waals surface area contributed by atoms with Gasteiger partial charge >= 0.3 is 0 Å². The molecule has 1 unspecified atom stereocenters. The highest BCUT2D eigenvalue weighted by atomic mass is 35.5. The number of H-pyrrole nitrogens is 1. The monoisotopic (exact) mass is 396 g/mol. The lowest BCUT2D eigenvalue weighted by Gasteiger charge is -2.18. The topological polar surface area (TPSA) is 85.2 Å². The molecule has 0 radical (unpaired) electrons. The third kappa shape index (κ3) is 3.09. The van der Waals surface area contributed by atoms with E-state index >= 15 is 0 Å². The van der Waals surface area contributed by atoms with E-state index in [1.54, 1.807) is 36.4 Å². The fourth-order valence-corrected chi connectivity index (χ4v) is 5.68. The van der Waals surface area contributed by atoms with Gasteiger partial charge in [0, 0.05) is 33.4 Å². The molecule has 3 N–H and O–H groups in total. The number of hydrogen-bond acceptors (Lipinski definition) is 3. The van der Waals surface area contributed by atoms with Gasteiger partial charge in [-0.3, -0.25) is 9.36 Å². The van der Waals surface area contributed by atoms with Gasteiger partial charge in [-0.2, -0.15) is 0 Å². The number of primary amides is 1. The van der Waals surface area contributed by atoms with Gasteiger partial charge in [-0.15, -0.1) is 0 Å². The van der Waals surface area contributed by atoms with E-state index in [9.17, 15) is 9.36 Å². The summed E-state index contributed by atoms with van der Waals surface area (Å²) in [6, 6.07) is 9.99. The van der Waals surface area contributed by atoms with Gasteiger partial charge in [-0.05, 0) is 48.9 Å². The lowest BCUT2D eigenvalue weighted by molar-refractivity contribution is 0.0997. The highest BCUT2D eigenvalue weighted by molar-refractivity contribution is 7.75. The van der Waals surface area contributed by atoms with E-state index in [2.05, 4.69) is 4.98 Å². The first-order chi connectivity index (χ1) is 11.8. The van der Waals surface area contributed by atoms with Crippen LogP contribution in [-0.2, 0) is 9.09 Å². The number of hydrogen-bond donors (Lipinski definition) is 2. The molecule has 5 nitrogen and oxygen atoms in total. The lowest BCUT2D eigenvalue weighted by atomic mass is 10.2. The number of carbonyl (C=O) groups is 1. The van der Waals surface area contributed by atoms with Crippen molar-refractivity contribution in [3.63, 3.8) is 0 Å². The Kier molecular flexibility index (Phi) is 4.69. The zero-order chi connectivity index (χ0) is 18.4. The smallest absolute Gasteiger partial charge is 0.266 e. The Labute approximate surface area is 154 Å². The Morgan fingerprint density at radius 1 is 1.16 bits per heavy atom. The summed E-state index contributed by atoms with van der Waals surface area (Å²) in [5.41, 5.74) is 6.93.